The molecule has 0 aromatic heterocycles. The fourth-order valence-electron chi connectivity index (χ4n) is 2.49. The molecule has 2 aromatic carbocycles. The molecule has 2 aromatic rings. The summed E-state index contributed by atoms with van der Waals surface area (Å²) in [6.45, 7) is 4.03. The van der Waals surface area contributed by atoms with E-state index in [1.165, 1.54) is 22.3 Å². The molecule has 1 amide bonds. The second-order valence-electron chi connectivity index (χ2n) is 5.43. The largest absolute Gasteiger partial charge is 0.311 e. The Morgan fingerprint density at radius 2 is 1.64 bits per heavy atom. The predicted octanol–water partition coefficient (Wildman–Crippen LogP) is 3.13. The van der Waals surface area contributed by atoms with Gasteiger partial charge >= 0.3 is 0 Å². The lowest BCUT2D eigenvalue weighted by Gasteiger charge is -2.20. The van der Waals surface area contributed by atoms with Crippen molar-refractivity contribution in [2.75, 3.05) is 25.0 Å². The first-order valence-electron chi connectivity index (χ1n) is 7.95. The van der Waals surface area contributed by atoms with Crippen LogP contribution in [0.1, 0.15) is 24.2 Å². The van der Waals surface area contributed by atoms with E-state index in [0.717, 1.165) is 12.1 Å². The maximum atomic E-state index is 14.2. The molecule has 0 aliphatic heterocycles. The van der Waals surface area contributed by atoms with Crippen LogP contribution in [-0.4, -0.2) is 38.8 Å². The van der Waals surface area contributed by atoms with Crippen LogP contribution >= 0.6 is 0 Å². The van der Waals surface area contributed by atoms with Crippen molar-refractivity contribution < 1.29 is 17.6 Å². The minimum absolute atomic E-state index is 0.0950. The monoisotopic (exact) mass is 364 g/mol. The van der Waals surface area contributed by atoms with Crippen LogP contribution in [0.3, 0.4) is 0 Å². The van der Waals surface area contributed by atoms with Crippen molar-refractivity contribution in [1.29, 1.82) is 0 Å². The molecule has 0 aliphatic rings. The summed E-state index contributed by atoms with van der Waals surface area (Å²) in [5, 5.41) is 0. The zero-order valence-electron chi connectivity index (χ0n) is 14.4. The molecule has 0 bridgehead atoms. The maximum Gasteiger partial charge on any atom is 0.261 e. The summed E-state index contributed by atoms with van der Waals surface area (Å²) in [7, 11) is -2.25. The van der Waals surface area contributed by atoms with Gasteiger partial charge in [-0.1, -0.05) is 32.0 Å². The maximum absolute atomic E-state index is 14.2. The molecule has 0 heterocycles. The lowest BCUT2D eigenvalue weighted by Crippen LogP contribution is -2.31. The van der Waals surface area contributed by atoms with Gasteiger partial charge in [-0.2, -0.15) is 4.31 Å². The minimum Gasteiger partial charge on any atom is -0.311 e. The van der Waals surface area contributed by atoms with Crippen LogP contribution in [0.4, 0.5) is 10.1 Å². The highest BCUT2D eigenvalue weighted by molar-refractivity contribution is 7.89. The van der Waals surface area contributed by atoms with Gasteiger partial charge in [0, 0.05) is 25.8 Å². The molecular weight excluding hydrogens is 343 g/mol. The van der Waals surface area contributed by atoms with Gasteiger partial charge in [-0.3, -0.25) is 4.79 Å². The lowest BCUT2D eigenvalue weighted by atomic mass is 10.1. The Morgan fingerprint density at radius 3 is 2.20 bits per heavy atom. The van der Waals surface area contributed by atoms with Gasteiger partial charge in [0.05, 0.1) is 10.5 Å². The van der Waals surface area contributed by atoms with E-state index in [0.29, 0.717) is 18.8 Å². The molecule has 2 rings (SSSR count). The predicted molar refractivity (Wildman–Crippen MR) is 95.7 cm³/mol. The van der Waals surface area contributed by atoms with Gasteiger partial charge in [0.15, 0.2) is 0 Å². The molecule has 0 N–H and O–H groups in total. The highest BCUT2D eigenvalue weighted by atomic mass is 32.2. The van der Waals surface area contributed by atoms with Crippen molar-refractivity contribution in [3.8, 4) is 0 Å². The number of amides is 1. The van der Waals surface area contributed by atoms with E-state index in [2.05, 4.69) is 0 Å². The number of sulfonamides is 1. The standard InChI is InChI=1S/C18H21FN2O3S/c1-4-21(5-2)25(23,24)15-11-12-17(19)16(13-15)18(22)20(3)14-9-7-6-8-10-14/h6-13H,4-5H2,1-3H3. The van der Waals surface area contributed by atoms with E-state index in [-0.39, 0.29) is 10.5 Å². The second-order valence-corrected chi connectivity index (χ2v) is 7.37. The van der Waals surface area contributed by atoms with Gasteiger partial charge in [0.1, 0.15) is 5.82 Å². The SMILES string of the molecule is CCN(CC)S(=O)(=O)c1ccc(F)c(C(=O)N(C)c2ccccc2)c1. The average Bonchev–Trinajstić information content (AvgIpc) is 2.62. The van der Waals surface area contributed by atoms with Gasteiger partial charge < -0.3 is 4.90 Å². The molecule has 134 valence electrons. The molecule has 25 heavy (non-hydrogen) atoms. The van der Waals surface area contributed by atoms with E-state index < -0.39 is 21.7 Å². The van der Waals surface area contributed by atoms with E-state index in [4.69, 9.17) is 0 Å². The van der Waals surface area contributed by atoms with Crippen molar-refractivity contribution >= 4 is 21.6 Å². The summed E-state index contributed by atoms with van der Waals surface area (Å²) in [6.07, 6.45) is 0. The van der Waals surface area contributed by atoms with Crippen LogP contribution in [0.25, 0.3) is 0 Å². The molecular formula is C18H21FN2O3S. The number of hydrogen-bond donors (Lipinski definition) is 0. The van der Waals surface area contributed by atoms with Gasteiger partial charge in [0.2, 0.25) is 10.0 Å². The molecule has 0 saturated carbocycles. The number of halogens is 1. The molecule has 0 fully saturated rings. The third-order valence-corrected chi connectivity index (χ3v) is 6.01. The lowest BCUT2D eigenvalue weighted by molar-refractivity contribution is 0.0989. The Morgan fingerprint density at radius 1 is 1.04 bits per heavy atom. The first kappa shape index (κ1) is 19.1. The first-order valence-corrected chi connectivity index (χ1v) is 9.39. The highest BCUT2D eigenvalue weighted by Crippen LogP contribution is 2.22. The van der Waals surface area contributed by atoms with Gasteiger partial charge in [-0.15, -0.1) is 0 Å². The van der Waals surface area contributed by atoms with Crippen LogP contribution in [0, 0.1) is 5.82 Å². The third kappa shape index (κ3) is 3.88. The summed E-state index contributed by atoms with van der Waals surface area (Å²) in [5.74, 6) is -1.37. The Labute approximate surface area is 147 Å². The van der Waals surface area contributed by atoms with Gasteiger partial charge in [-0.25, -0.2) is 12.8 Å². The van der Waals surface area contributed by atoms with Crippen LogP contribution in [-0.2, 0) is 10.0 Å². The molecule has 0 aliphatic carbocycles. The number of para-hydroxylation sites is 1. The first-order chi connectivity index (χ1) is 11.8. The Balaban J connectivity index is 2.44. The smallest absolute Gasteiger partial charge is 0.261 e. The Hall–Kier alpha value is -2.25. The van der Waals surface area contributed by atoms with Crippen LogP contribution in [0.5, 0.6) is 0 Å². The van der Waals surface area contributed by atoms with Crippen LogP contribution in [0.2, 0.25) is 0 Å². The molecule has 0 atom stereocenters. The van der Waals surface area contributed by atoms with Crippen molar-refractivity contribution in [2.24, 2.45) is 0 Å². The zero-order valence-corrected chi connectivity index (χ0v) is 15.3. The van der Waals surface area contributed by atoms with Crippen molar-refractivity contribution in [1.82, 2.24) is 4.31 Å². The number of rotatable bonds is 6. The van der Waals surface area contributed by atoms with E-state index >= 15 is 0 Å². The fourth-order valence-corrected chi connectivity index (χ4v) is 3.98. The number of anilines is 1. The summed E-state index contributed by atoms with van der Waals surface area (Å²) in [4.78, 5) is 13.8. The second kappa shape index (κ2) is 7.76. The molecule has 0 unspecified atom stereocenters. The normalized spacial score (nSPS) is 11.6. The van der Waals surface area contributed by atoms with Gasteiger partial charge in [0.25, 0.3) is 5.91 Å². The van der Waals surface area contributed by atoms with E-state index in [1.807, 2.05) is 0 Å². The summed E-state index contributed by atoms with van der Waals surface area (Å²) < 4.78 is 40.7. The summed E-state index contributed by atoms with van der Waals surface area (Å²) in [6, 6.07) is 12.1. The van der Waals surface area contributed by atoms with Crippen molar-refractivity contribution in [3.63, 3.8) is 0 Å². The molecule has 7 heteroatoms. The van der Waals surface area contributed by atoms with Crippen LogP contribution in [0.15, 0.2) is 53.4 Å². The van der Waals surface area contributed by atoms with Crippen molar-refractivity contribution in [2.45, 2.75) is 18.7 Å². The molecule has 5 nitrogen and oxygen atoms in total. The molecule has 0 radical (unpaired) electrons. The minimum atomic E-state index is -3.77. The number of carbonyl (C=O) groups excluding carboxylic acids is 1. The number of benzene rings is 2. The Bertz CT molecular complexity index is 850. The molecule has 0 spiro atoms. The highest BCUT2D eigenvalue weighted by Gasteiger charge is 2.25. The van der Waals surface area contributed by atoms with Crippen LogP contribution < -0.4 is 4.90 Å². The number of nitrogens with zero attached hydrogens (tertiary/aromatic N) is 2. The summed E-state index contributed by atoms with van der Waals surface area (Å²) in [5.41, 5.74) is 0.309. The van der Waals surface area contributed by atoms with E-state index in [9.17, 15) is 17.6 Å². The Kier molecular flexibility index (Phi) is 5.92. The average molecular weight is 364 g/mol. The number of hydrogen-bond acceptors (Lipinski definition) is 3. The number of carbonyl (C=O) groups is 1. The fraction of sp³-hybridized carbons (Fsp3) is 0.278. The third-order valence-electron chi connectivity index (χ3n) is 3.96. The van der Waals surface area contributed by atoms with Crippen molar-refractivity contribution in [3.05, 3.63) is 59.9 Å². The van der Waals surface area contributed by atoms with Gasteiger partial charge in [-0.05, 0) is 30.3 Å². The van der Waals surface area contributed by atoms with E-state index in [1.54, 1.807) is 44.2 Å². The summed E-state index contributed by atoms with van der Waals surface area (Å²) >= 11 is 0. The zero-order chi connectivity index (χ0) is 18.6. The molecule has 0 saturated heterocycles. The topological polar surface area (TPSA) is 57.7 Å². The quantitative estimate of drug-likeness (QED) is 0.791.